The molecule has 1 saturated carbocycles. The van der Waals surface area contributed by atoms with Crippen molar-refractivity contribution in [2.24, 2.45) is 5.92 Å². The number of aliphatic carboxylic acids is 1. The van der Waals surface area contributed by atoms with E-state index in [1.807, 2.05) is 0 Å². The van der Waals surface area contributed by atoms with E-state index in [9.17, 15) is 9.90 Å². The van der Waals surface area contributed by atoms with Crippen LogP contribution in [-0.4, -0.2) is 35.5 Å². The van der Waals surface area contributed by atoms with Crippen LogP contribution in [0.3, 0.4) is 0 Å². The van der Waals surface area contributed by atoms with Crippen LogP contribution in [0, 0.1) is 5.92 Å². The van der Waals surface area contributed by atoms with Crippen LogP contribution in [0.25, 0.3) is 0 Å². The number of methoxy groups -OCH3 is 1. The van der Waals surface area contributed by atoms with Crippen molar-refractivity contribution in [2.75, 3.05) is 13.7 Å². The van der Waals surface area contributed by atoms with Crippen molar-refractivity contribution in [3.8, 4) is 0 Å². The largest absolute Gasteiger partial charge is 0.479 e. The highest BCUT2D eigenvalue weighted by atomic mass is 16.5. The highest BCUT2D eigenvalue weighted by Crippen LogP contribution is 2.32. The standard InChI is InChI=1S/C9H16O4/c1-13-6-7-3-2-4-9(12,5-7)8(10)11/h7,12H,2-6H2,1H3,(H,10,11). The molecule has 1 aliphatic carbocycles. The molecule has 0 aromatic heterocycles. The first-order valence-electron chi connectivity index (χ1n) is 4.53. The Balaban J connectivity index is 2.54. The van der Waals surface area contributed by atoms with E-state index in [-0.39, 0.29) is 5.92 Å². The van der Waals surface area contributed by atoms with Gasteiger partial charge in [0.25, 0.3) is 0 Å². The van der Waals surface area contributed by atoms with E-state index in [1.54, 1.807) is 7.11 Å². The molecule has 0 aliphatic heterocycles. The number of carboxylic acid groups (broad SMARTS) is 1. The zero-order valence-corrected chi connectivity index (χ0v) is 7.82. The van der Waals surface area contributed by atoms with Crippen molar-refractivity contribution in [1.82, 2.24) is 0 Å². The van der Waals surface area contributed by atoms with E-state index in [1.165, 1.54) is 0 Å². The summed E-state index contributed by atoms with van der Waals surface area (Å²) in [4.78, 5) is 10.7. The summed E-state index contributed by atoms with van der Waals surface area (Å²) in [6.07, 6.45) is 2.39. The lowest BCUT2D eigenvalue weighted by molar-refractivity contribution is -0.164. The van der Waals surface area contributed by atoms with Gasteiger partial charge in [-0.1, -0.05) is 0 Å². The molecule has 0 bridgehead atoms. The Kier molecular flexibility index (Phi) is 3.27. The first kappa shape index (κ1) is 10.5. The minimum Gasteiger partial charge on any atom is -0.479 e. The summed E-state index contributed by atoms with van der Waals surface area (Å²) in [5.74, 6) is -0.923. The van der Waals surface area contributed by atoms with E-state index < -0.39 is 11.6 Å². The van der Waals surface area contributed by atoms with Gasteiger partial charge < -0.3 is 14.9 Å². The van der Waals surface area contributed by atoms with Crippen LogP contribution in [0.2, 0.25) is 0 Å². The third-order valence-electron chi connectivity index (χ3n) is 2.63. The molecular formula is C9H16O4. The SMILES string of the molecule is COCC1CCCC(O)(C(=O)O)C1. The molecular weight excluding hydrogens is 172 g/mol. The van der Waals surface area contributed by atoms with Gasteiger partial charge in [-0.15, -0.1) is 0 Å². The number of carboxylic acids is 1. The molecule has 2 atom stereocenters. The van der Waals surface area contributed by atoms with E-state index in [0.717, 1.165) is 12.8 Å². The molecule has 0 spiro atoms. The number of aliphatic hydroxyl groups is 1. The maximum Gasteiger partial charge on any atom is 0.335 e. The van der Waals surface area contributed by atoms with Crippen LogP contribution in [0.15, 0.2) is 0 Å². The molecule has 0 saturated heterocycles. The zero-order valence-electron chi connectivity index (χ0n) is 7.82. The number of hydrogen-bond acceptors (Lipinski definition) is 3. The van der Waals surface area contributed by atoms with Crippen molar-refractivity contribution in [3.05, 3.63) is 0 Å². The lowest BCUT2D eigenvalue weighted by atomic mass is 9.78. The number of carbonyl (C=O) groups is 1. The molecule has 0 aromatic rings. The Bertz CT molecular complexity index is 190. The molecule has 0 heterocycles. The van der Waals surface area contributed by atoms with Gasteiger partial charge in [0, 0.05) is 13.7 Å². The maximum atomic E-state index is 10.7. The molecule has 0 amide bonds. The molecule has 4 heteroatoms. The Hall–Kier alpha value is -0.610. The average Bonchev–Trinajstić information content (AvgIpc) is 2.04. The first-order valence-corrected chi connectivity index (χ1v) is 4.53. The van der Waals surface area contributed by atoms with Crippen molar-refractivity contribution in [3.63, 3.8) is 0 Å². The first-order chi connectivity index (χ1) is 6.08. The monoisotopic (exact) mass is 188 g/mol. The van der Waals surface area contributed by atoms with E-state index in [2.05, 4.69) is 0 Å². The average molecular weight is 188 g/mol. The van der Waals surface area contributed by atoms with Crippen LogP contribution in [0.5, 0.6) is 0 Å². The molecule has 1 rings (SSSR count). The molecule has 0 radical (unpaired) electrons. The van der Waals surface area contributed by atoms with Crippen molar-refractivity contribution >= 4 is 5.97 Å². The van der Waals surface area contributed by atoms with E-state index in [0.29, 0.717) is 19.4 Å². The summed E-state index contributed by atoms with van der Waals surface area (Å²) in [6, 6.07) is 0. The van der Waals surface area contributed by atoms with Crippen LogP contribution in [-0.2, 0) is 9.53 Å². The van der Waals surface area contributed by atoms with Crippen LogP contribution >= 0.6 is 0 Å². The van der Waals surface area contributed by atoms with Gasteiger partial charge in [-0.3, -0.25) is 0 Å². The summed E-state index contributed by atoms with van der Waals surface area (Å²) in [5, 5.41) is 18.5. The Labute approximate surface area is 77.5 Å². The highest BCUT2D eigenvalue weighted by molar-refractivity contribution is 5.77. The molecule has 76 valence electrons. The lowest BCUT2D eigenvalue weighted by Gasteiger charge is -2.32. The van der Waals surface area contributed by atoms with E-state index in [4.69, 9.17) is 9.84 Å². The third-order valence-corrected chi connectivity index (χ3v) is 2.63. The fourth-order valence-corrected chi connectivity index (χ4v) is 1.94. The molecule has 1 fully saturated rings. The topological polar surface area (TPSA) is 66.8 Å². The summed E-state index contributed by atoms with van der Waals surface area (Å²) in [5.41, 5.74) is -1.51. The normalized spacial score (nSPS) is 34.5. The number of hydrogen-bond donors (Lipinski definition) is 2. The summed E-state index contributed by atoms with van der Waals surface area (Å²) >= 11 is 0. The van der Waals surface area contributed by atoms with E-state index >= 15 is 0 Å². The Morgan fingerprint density at radius 2 is 2.38 bits per heavy atom. The lowest BCUT2D eigenvalue weighted by Crippen LogP contribution is -2.43. The van der Waals surface area contributed by atoms with Crippen LogP contribution in [0.4, 0.5) is 0 Å². The Morgan fingerprint density at radius 3 is 2.92 bits per heavy atom. The molecule has 4 nitrogen and oxygen atoms in total. The van der Waals surface area contributed by atoms with Crippen molar-refractivity contribution < 1.29 is 19.7 Å². The van der Waals surface area contributed by atoms with Gasteiger partial charge in [0.1, 0.15) is 0 Å². The smallest absolute Gasteiger partial charge is 0.335 e. The van der Waals surface area contributed by atoms with Gasteiger partial charge in [0.05, 0.1) is 0 Å². The quantitative estimate of drug-likeness (QED) is 0.682. The number of ether oxygens (including phenoxy) is 1. The van der Waals surface area contributed by atoms with Crippen molar-refractivity contribution in [1.29, 1.82) is 0 Å². The minimum atomic E-state index is -1.51. The summed E-state index contributed by atoms with van der Waals surface area (Å²) in [6.45, 7) is 0.537. The van der Waals surface area contributed by atoms with Gasteiger partial charge in [0.15, 0.2) is 5.60 Å². The van der Waals surface area contributed by atoms with Crippen LogP contribution < -0.4 is 0 Å². The third kappa shape index (κ3) is 2.42. The van der Waals surface area contributed by atoms with Gasteiger partial charge in [-0.05, 0) is 31.6 Å². The number of rotatable bonds is 3. The van der Waals surface area contributed by atoms with Crippen LogP contribution in [0.1, 0.15) is 25.7 Å². The summed E-state index contributed by atoms with van der Waals surface area (Å²) < 4.78 is 4.95. The molecule has 13 heavy (non-hydrogen) atoms. The van der Waals surface area contributed by atoms with Gasteiger partial charge >= 0.3 is 5.97 Å². The zero-order chi connectivity index (χ0) is 9.90. The predicted octanol–water partition coefficient (Wildman–Crippen LogP) is 0.639. The molecule has 1 aliphatic rings. The second-order valence-corrected chi connectivity index (χ2v) is 3.75. The predicted molar refractivity (Wildman–Crippen MR) is 46.4 cm³/mol. The second kappa shape index (κ2) is 4.07. The fourth-order valence-electron chi connectivity index (χ4n) is 1.94. The Morgan fingerprint density at radius 1 is 1.69 bits per heavy atom. The van der Waals surface area contributed by atoms with Gasteiger partial charge in [-0.2, -0.15) is 0 Å². The van der Waals surface area contributed by atoms with Gasteiger partial charge in [0.2, 0.25) is 0 Å². The van der Waals surface area contributed by atoms with Gasteiger partial charge in [-0.25, -0.2) is 4.79 Å². The summed E-state index contributed by atoms with van der Waals surface area (Å²) in [7, 11) is 1.59. The molecule has 2 N–H and O–H groups in total. The minimum absolute atomic E-state index is 0.180. The molecule has 2 unspecified atom stereocenters. The van der Waals surface area contributed by atoms with Crippen molar-refractivity contribution in [2.45, 2.75) is 31.3 Å². The second-order valence-electron chi connectivity index (χ2n) is 3.75. The maximum absolute atomic E-state index is 10.7. The molecule has 0 aromatic carbocycles. The fraction of sp³-hybridized carbons (Fsp3) is 0.889. The highest BCUT2D eigenvalue weighted by Gasteiger charge is 2.40.